The Bertz CT molecular complexity index is 943. The van der Waals surface area contributed by atoms with Gasteiger partial charge >= 0.3 is 6.09 Å². The predicted octanol–water partition coefficient (Wildman–Crippen LogP) is 3.74. The lowest BCUT2D eigenvalue weighted by Crippen LogP contribution is -2.58. The number of hydrogen-bond acceptors (Lipinski definition) is 6. The van der Waals surface area contributed by atoms with E-state index in [2.05, 4.69) is 10.3 Å². The molecule has 1 spiro atoms. The maximum atomic E-state index is 12.0. The molecule has 0 unspecified atom stereocenters. The third-order valence-corrected chi connectivity index (χ3v) is 7.47. The van der Waals surface area contributed by atoms with Crippen LogP contribution in [0.5, 0.6) is 5.88 Å². The lowest BCUT2D eigenvalue weighted by Gasteiger charge is -2.56. The number of hydrogen-bond donors (Lipinski definition) is 2. The average molecular weight is 428 g/mol. The molecule has 3 fully saturated rings. The van der Waals surface area contributed by atoms with E-state index in [-0.39, 0.29) is 30.3 Å². The molecule has 0 radical (unpaired) electrons. The van der Waals surface area contributed by atoms with E-state index in [0.717, 1.165) is 49.1 Å². The molecule has 0 atom stereocenters. The van der Waals surface area contributed by atoms with Crippen LogP contribution in [-0.2, 0) is 11.3 Å². The number of primary amides is 1. The van der Waals surface area contributed by atoms with Crippen LogP contribution in [0.25, 0.3) is 0 Å². The number of benzene rings is 1. The van der Waals surface area contributed by atoms with Gasteiger partial charge in [0.1, 0.15) is 17.7 Å². The van der Waals surface area contributed by atoms with Gasteiger partial charge in [-0.2, -0.15) is 0 Å². The van der Waals surface area contributed by atoms with Gasteiger partial charge in [0.2, 0.25) is 5.88 Å². The molecule has 30 heavy (non-hydrogen) atoms. The lowest BCUT2D eigenvalue weighted by atomic mass is 9.53. The van der Waals surface area contributed by atoms with E-state index in [0.29, 0.717) is 16.7 Å². The molecule has 7 nitrogen and oxygen atoms in total. The van der Waals surface area contributed by atoms with Gasteiger partial charge in [0, 0.05) is 12.0 Å². The van der Waals surface area contributed by atoms with Gasteiger partial charge in [-0.05, 0) is 49.5 Å². The molecule has 0 bridgehead atoms. The number of rotatable bonds is 7. The maximum absolute atomic E-state index is 12.0. The zero-order valence-electron chi connectivity index (χ0n) is 16.6. The summed E-state index contributed by atoms with van der Waals surface area (Å²) < 4.78 is 11.3. The number of carbonyl (C=O) groups is 2. The second-order valence-electron chi connectivity index (χ2n) is 8.78. The van der Waals surface area contributed by atoms with Gasteiger partial charge in [0.15, 0.2) is 4.88 Å². The van der Waals surface area contributed by atoms with Crippen molar-refractivity contribution in [2.24, 2.45) is 11.1 Å². The van der Waals surface area contributed by atoms with E-state index in [4.69, 9.17) is 15.2 Å². The molecule has 2 aromatic rings. The Kier molecular flexibility index (Phi) is 4.89. The average Bonchev–Trinajstić information content (AvgIpc) is 3.44. The van der Waals surface area contributed by atoms with Gasteiger partial charge in [-0.25, -0.2) is 9.78 Å². The smallest absolute Gasteiger partial charge is 0.407 e. The number of thiazole rings is 1. The molecule has 0 aliphatic heterocycles. The van der Waals surface area contributed by atoms with Crippen LogP contribution in [0, 0.1) is 5.41 Å². The monoisotopic (exact) mass is 427 g/mol. The van der Waals surface area contributed by atoms with Crippen molar-refractivity contribution < 1.29 is 19.1 Å². The Morgan fingerprint density at radius 2 is 1.90 bits per heavy atom. The summed E-state index contributed by atoms with van der Waals surface area (Å²) in [7, 11) is 0. The van der Waals surface area contributed by atoms with Gasteiger partial charge in [-0.1, -0.05) is 30.3 Å². The number of amides is 2. The molecule has 1 aromatic carbocycles. The minimum absolute atomic E-state index is 0.0586. The Morgan fingerprint density at radius 3 is 2.57 bits per heavy atom. The van der Waals surface area contributed by atoms with Crippen molar-refractivity contribution in [3.63, 3.8) is 0 Å². The molecule has 3 aliphatic carbocycles. The lowest BCUT2D eigenvalue weighted by molar-refractivity contribution is -0.0855. The van der Waals surface area contributed by atoms with Crippen molar-refractivity contribution in [1.82, 2.24) is 10.3 Å². The molecule has 5 rings (SSSR count). The van der Waals surface area contributed by atoms with Crippen LogP contribution in [0.15, 0.2) is 30.3 Å². The Morgan fingerprint density at radius 1 is 1.17 bits per heavy atom. The summed E-state index contributed by atoms with van der Waals surface area (Å²) in [5, 5.41) is 3.91. The van der Waals surface area contributed by atoms with Crippen LogP contribution in [0.1, 0.15) is 64.7 Å². The van der Waals surface area contributed by atoms with Crippen LogP contribution < -0.4 is 15.8 Å². The van der Waals surface area contributed by atoms with E-state index in [1.54, 1.807) is 0 Å². The molecule has 158 valence electrons. The summed E-state index contributed by atoms with van der Waals surface area (Å²) in [6, 6.07) is 9.79. The zero-order chi connectivity index (χ0) is 20.7. The Hall–Kier alpha value is -2.61. The number of nitrogens with one attached hydrogen (secondary N) is 1. The fourth-order valence-electron chi connectivity index (χ4n) is 4.56. The highest BCUT2D eigenvalue weighted by molar-refractivity contribution is 7.14. The molecule has 1 heterocycles. The van der Waals surface area contributed by atoms with Gasteiger partial charge in [-0.15, -0.1) is 11.3 Å². The summed E-state index contributed by atoms with van der Waals surface area (Å²) in [5.41, 5.74) is 6.70. The number of carbonyl (C=O) groups excluding carboxylic acids is 2. The summed E-state index contributed by atoms with van der Waals surface area (Å²) in [4.78, 5) is 28.7. The first-order valence-corrected chi connectivity index (χ1v) is 11.3. The third-order valence-electron chi connectivity index (χ3n) is 6.26. The molecule has 3 saturated carbocycles. The van der Waals surface area contributed by atoms with Crippen molar-refractivity contribution in [1.29, 1.82) is 0 Å². The van der Waals surface area contributed by atoms with Gasteiger partial charge in [0.05, 0.1) is 0 Å². The molecule has 0 saturated heterocycles. The second-order valence-corrected chi connectivity index (χ2v) is 9.81. The van der Waals surface area contributed by atoms with Crippen LogP contribution in [0.4, 0.5) is 4.79 Å². The van der Waals surface area contributed by atoms with E-state index in [1.165, 1.54) is 11.3 Å². The number of aromatic nitrogens is 1. The van der Waals surface area contributed by atoms with Crippen LogP contribution in [0.2, 0.25) is 0 Å². The largest absolute Gasteiger partial charge is 0.473 e. The third kappa shape index (κ3) is 4.01. The second kappa shape index (κ2) is 7.58. The van der Waals surface area contributed by atoms with Crippen molar-refractivity contribution in [3.05, 3.63) is 45.8 Å². The molecule has 3 aliphatic rings. The van der Waals surface area contributed by atoms with Crippen LogP contribution in [0.3, 0.4) is 0 Å². The van der Waals surface area contributed by atoms with Gasteiger partial charge in [0.25, 0.3) is 5.91 Å². The predicted molar refractivity (Wildman–Crippen MR) is 111 cm³/mol. The molecule has 2 amide bonds. The normalized spacial score (nSPS) is 27.1. The topological polar surface area (TPSA) is 104 Å². The highest BCUT2D eigenvalue weighted by Gasteiger charge is 2.54. The molecular weight excluding hydrogens is 402 g/mol. The van der Waals surface area contributed by atoms with Gasteiger partial charge in [-0.3, -0.25) is 4.79 Å². The highest BCUT2D eigenvalue weighted by Crippen LogP contribution is 2.57. The first kappa shape index (κ1) is 19.4. The summed E-state index contributed by atoms with van der Waals surface area (Å²) in [5.74, 6) is 0.413. The first-order chi connectivity index (χ1) is 14.5. The standard InChI is InChI=1S/C22H25N3O4S/c23-18(26)17-19(25-20(30-17)14-6-7-14)29-16-10-22(11-16)8-15(9-22)24-21(27)28-12-13-4-2-1-3-5-13/h1-5,14-16H,6-12H2,(H2,23,26)(H,24,27)/t15-,16-,22?. The minimum atomic E-state index is -0.467. The van der Waals surface area contributed by atoms with Crippen LogP contribution in [-0.4, -0.2) is 29.1 Å². The summed E-state index contributed by atoms with van der Waals surface area (Å²) >= 11 is 1.37. The zero-order valence-corrected chi connectivity index (χ0v) is 17.5. The Balaban J connectivity index is 1.06. The number of ether oxygens (including phenoxy) is 2. The highest BCUT2D eigenvalue weighted by atomic mass is 32.1. The van der Waals surface area contributed by atoms with Crippen molar-refractivity contribution in [2.45, 2.75) is 63.2 Å². The number of nitrogens with zero attached hydrogens (tertiary/aromatic N) is 1. The quantitative estimate of drug-likeness (QED) is 0.701. The molecule has 3 N–H and O–H groups in total. The summed E-state index contributed by atoms with van der Waals surface area (Å²) in [6.45, 7) is 0.277. The SMILES string of the molecule is NC(=O)c1sc(C2CC2)nc1O[C@H]1CC2(C[C@H](NC(=O)OCc3ccccc3)C2)C1. The fourth-order valence-corrected chi connectivity index (χ4v) is 5.58. The van der Waals surface area contributed by atoms with E-state index in [1.807, 2.05) is 30.3 Å². The Labute approximate surface area is 179 Å². The maximum Gasteiger partial charge on any atom is 0.407 e. The van der Waals surface area contributed by atoms with Crippen molar-refractivity contribution in [3.8, 4) is 5.88 Å². The first-order valence-electron chi connectivity index (χ1n) is 10.4. The molecule has 1 aromatic heterocycles. The number of alkyl carbamates (subject to hydrolysis) is 1. The van der Waals surface area contributed by atoms with Crippen LogP contribution >= 0.6 is 11.3 Å². The fraction of sp³-hybridized carbons (Fsp3) is 0.500. The summed E-state index contributed by atoms with van der Waals surface area (Å²) in [6.07, 6.45) is 5.63. The van der Waals surface area contributed by atoms with Gasteiger partial charge < -0.3 is 20.5 Å². The minimum Gasteiger partial charge on any atom is -0.473 e. The van der Waals surface area contributed by atoms with Crippen molar-refractivity contribution >= 4 is 23.3 Å². The molecular formula is C22H25N3O4S. The van der Waals surface area contributed by atoms with Crippen molar-refractivity contribution in [2.75, 3.05) is 0 Å². The van der Waals surface area contributed by atoms with E-state index < -0.39 is 5.91 Å². The number of nitrogens with two attached hydrogens (primary N) is 1. The van der Waals surface area contributed by atoms with E-state index in [9.17, 15) is 9.59 Å². The molecule has 8 heteroatoms. The van der Waals surface area contributed by atoms with E-state index >= 15 is 0 Å².